The molecule has 1 aliphatic rings. The second kappa shape index (κ2) is 10.2. The Bertz CT molecular complexity index is 1390. The highest BCUT2D eigenvalue weighted by atomic mass is 35.5. The van der Waals surface area contributed by atoms with E-state index in [-0.39, 0.29) is 17.9 Å². The number of halogens is 1. The van der Waals surface area contributed by atoms with Crippen molar-refractivity contribution >= 4 is 39.1 Å². The van der Waals surface area contributed by atoms with E-state index in [1.165, 1.54) is 4.31 Å². The number of hydrogen-bond donors (Lipinski definition) is 0. The van der Waals surface area contributed by atoms with Crippen LogP contribution in [0.2, 0.25) is 5.02 Å². The molecule has 1 heterocycles. The molecule has 2 amide bonds. The van der Waals surface area contributed by atoms with E-state index in [0.717, 1.165) is 21.6 Å². The third kappa shape index (κ3) is 4.83. The van der Waals surface area contributed by atoms with E-state index in [2.05, 4.69) is 0 Å². The molecule has 8 heteroatoms. The molecule has 1 atom stereocenters. The molecule has 1 aliphatic heterocycles. The Kier molecular flexibility index (Phi) is 7.36. The maximum Gasteiger partial charge on any atom is 0.252 e. The molecular weight excluding hydrogens is 496 g/mol. The molecular formula is C28H29ClN2O4S. The van der Waals surface area contributed by atoms with Crippen LogP contribution in [-0.4, -0.2) is 37.1 Å². The van der Waals surface area contributed by atoms with E-state index in [1.54, 1.807) is 38.1 Å². The fourth-order valence-corrected chi connectivity index (χ4v) is 7.00. The van der Waals surface area contributed by atoms with Gasteiger partial charge in [-0.3, -0.25) is 9.59 Å². The van der Waals surface area contributed by atoms with Crippen LogP contribution >= 0.6 is 11.6 Å². The molecule has 0 spiro atoms. The number of carbonyl (C=O) groups excluding carboxylic acids is 2. The van der Waals surface area contributed by atoms with Gasteiger partial charge in [0.2, 0.25) is 15.9 Å². The first-order valence-corrected chi connectivity index (χ1v) is 13.6. The van der Waals surface area contributed by atoms with E-state index in [1.807, 2.05) is 50.2 Å². The van der Waals surface area contributed by atoms with Gasteiger partial charge in [-0.05, 0) is 86.2 Å². The van der Waals surface area contributed by atoms with Gasteiger partial charge in [0.05, 0.1) is 17.0 Å². The first kappa shape index (κ1) is 26.1. The van der Waals surface area contributed by atoms with E-state index >= 15 is 0 Å². The molecule has 4 rings (SSSR count). The SMILES string of the molecule is Cc1cc(C)c(C)c(S(=O)(=O)N(CCc2ccccc2)C2CC(=O)N(c3ccc(Cl)cc3)C2=O)c1C. The molecule has 3 aromatic carbocycles. The van der Waals surface area contributed by atoms with Crippen LogP contribution in [0.4, 0.5) is 5.69 Å². The number of amides is 2. The lowest BCUT2D eigenvalue weighted by Gasteiger charge is -2.29. The Morgan fingerprint density at radius 1 is 0.917 bits per heavy atom. The van der Waals surface area contributed by atoms with Gasteiger partial charge in [0, 0.05) is 11.6 Å². The van der Waals surface area contributed by atoms with Crippen LogP contribution in [0.1, 0.15) is 34.2 Å². The van der Waals surface area contributed by atoms with Gasteiger partial charge in [0.25, 0.3) is 5.91 Å². The second-order valence-corrected chi connectivity index (χ2v) is 11.5. The monoisotopic (exact) mass is 524 g/mol. The third-order valence-corrected chi connectivity index (χ3v) is 9.32. The zero-order valence-electron chi connectivity index (χ0n) is 20.8. The highest BCUT2D eigenvalue weighted by Gasteiger charge is 2.47. The largest absolute Gasteiger partial charge is 0.274 e. The molecule has 1 saturated heterocycles. The van der Waals surface area contributed by atoms with Gasteiger partial charge >= 0.3 is 0 Å². The number of hydrogen-bond acceptors (Lipinski definition) is 4. The highest BCUT2D eigenvalue weighted by Crippen LogP contribution is 2.34. The van der Waals surface area contributed by atoms with Crippen molar-refractivity contribution in [1.82, 2.24) is 4.31 Å². The Labute approximate surface area is 217 Å². The molecule has 0 N–H and O–H groups in total. The number of aryl methyl sites for hydroxylation is 2. The smallest absolute Gasteiger partial charge is 0.252 e. The summed E-state index contributed by atoms with van der Waals surface area (Å²) in [6.07, 6.45) is 0.181. The molecule has 188 valence electrons. The van der Waals surface area contributed by atoms with Crippen LogP contribution in [-0.2, 0) is 26.0 Å². The van der Waals surface area contributed by atoms with Crippen LogP contribution in [0.25, 0.3) is 0 Å². The minimum absolute atomic E-state index is 0.0658. The Morgan fingerprint density at radius 3 is 2.08 bits per heavy atom. The number of nitrogens with zero attached hydrogens (tertiary/aromatic N) is 2. The Hall–Kier alpha value is -3.00. The van der Waals surface area contributed by atoms with Gasteiger partial charge in [0.1, 0.15) is 6.04 Å². The fraction of sp³-hybridized carbons (Fsp3) is 0.286. The number of sulfonamides is 1. The molecule has 3 aromatic rings. The number of anilines is 1. The molecule has 0 aliphatic carbocycles. The van der Waals surface area contributed by atoms with Crippen LogP contribution in [0.5, 0.6) is 0 Å². The number of carbonyl (C=O) groups is 2. The van der Waals surface area contributed by atoms with Crippen LogP contribution in [0.3, 0.4) is 0 Å². The summed E-state index contributed by atoms with van der Waals surface area (Å²) in [5.41, 5.74) is 4.32. The molecule has 0 saturated carbocycles. The normalized spacial score (nSPS) is 16.3. The minimum Gasteiger partial charge on any atom is -0.274 e. The van der Waals surface area contributed by atoms with Crippen LogP contribution < -0.4 is 4.90 Å². The standard InChI is InChI=1S/C28H29ClN2O4S/c1-18-16-19(2)21(4)27(20(18)3)36(34,35)30(15-14-22-8-6-5-7-9-22)25-17-26(32)31(28(25)33)24-12-10-23(29)11-13-24/h5-13,16,25H,14-15,17H2,1-4H3. The Morgan fingerprint density at radius 2 is 1.50 bits per heavy atom. The fourth-order valence-electron chi connectivity index (χ4n) is 4.71. The zero-order chi connectivity index (χ0) is 26.2. The van der Waals surface area contributed by atoms with Gasteiger partial charge in [-0.2, -0.15) is 4.31 Å². The number of imide groups is 1. The highest BCUT2D eigenvalue weighted by molar-refractivity contribution is 7.89. The molecule has 1 fully saturated rings. The van der Waals surface area contributed by atoms with Crippen molar-refractivity contribution in [3.8, 4) is 0 Å². The number of rotatable bonds is 7. The van der Waals surface area contributed by atoms with Gasteiger partial charge in [-0.1, -0.05) is 48.0 Å². The van der Waals surface area contributed by atoms with Crippen molar-refractivity contribution < 1.29 is 18.0 Å². The van der Waals surface area contributed by atoms with Crippen molar-refractivity contribution in [3.05, 3.63) is 93.5 Å². The van der Waals surface area contributed by atoms with Gasteiger partial charge in [-0.15, -0.1) is 0 Å². The summed E-state index contributed by atoms with van der Waals surface area (Å²) in [7, 11) is -4.12. The summed E-state index contributed by atoms with van der Waals surface area (Å²) in [6.45, 7) is 7.39. The minimum atomic E-state index is -4.12. The second-order valence-electron chi connectivity index (χ2n) is 9.20. The summed E-state index contributed by atoms with van der Waals surface area (Å²) < 4.78 is 29.7. The van der Waals surface area contributed by atoms with Crippen molar-refractivity contribution in [2.24, 2.45) is 0 Å². The van der Waals surface area contributed by atoms with E-state index in [0.29, 0.717) is 28.3 Å². The average Bonchev–Trinajstić information content (AvgIpc) is 3.12. The number of benzene rings is 3. The van der Waals surface area contributed by atoms with Gasteiger partial charge in [0.15, 0.2) is 0 Å². The molecule has 0 radical (unpaired) electrons. The quantitative estimate of drug-likeness (QED) is 0.401. The van der Waals surface area contributed by atoms with E-state index in [4.69, 9.17) is 11.6 Å². The molecule has 1 unspecified atom stereocenters. The first-order chi connectivity index (χ1) is 17.0. The maximum absolute atomic E-state index is 14.3. The molecule has 0 aromatic heterocycles. The summed E-state index contributed by atoms with van der Waals surface area (Å²) >= 11 is 5.98. The van der Waals surface area contributed by atoms with E-state index in [9.17, 15) is 18.0 Å². The molecule has 6 nitrogen and oxygen atoms in total. The lowest BCUT2D eigenvalue weighted by atomic mass is 10.0. The summed E-state index contributed by atoms with van der Waals surface area (Å²) in [5.74, 6) is -1.00. The van der Waals surface area contributed by atoms with E-state index < -0.39 is 27.9 Å². The zero-order valence-corrected chi connectivity index (χ0v) is 22.4. The van der Waals surface area contributed by atoms with Crippen molar-refractivity contribution in [1.29, 1.82) is 0 Å². The van der Waals surface area contributed by atoms with Gasteiger partial charge < -0.3 is 0 Å². The summed E-state index contributed by atoms with van der Waals surface area (Å²) in [6, 6.07) is 16.7. The van der Waals surface area contributed by atoms with Gasteiger partial charge in [-0.25, -0.2) is 13.3 Å². The topological polar surface area (TPSA) is 74.8 Å². The maximum atomic E-state index is 14.3. The predicted molar refractivity (Wildman–Crippen MR) is 142 cm³/mol. The van der Waals surface area contributed by atoms with Crippen LogP contribution in [0.15, 0.2) is 65.6 Å². The van der Waals surface area contributed by atoms with Crippen LogP contribution in [0, 0.1) is 27.7 Å². The summed E-state index contributed by atoms with van der Waals surface area (Å²) in [5, 5.41) is 0.474. The lowest BCUT2D eigenvalue weighted by molar-refractivity contribution is -0.122. The van der Waals surface area contributed by atoms with Crippen molar-refractivity contribution in [3.63, 3.8) is 0 Å². The average molecular weight is 525 g/mol. The first-order valence-electron chi connectivity index (χ1n) is 11.8. The van der Waals surface area contributed by atoms with Crippen molar-refractivity contribution in [2.45, 2.75) is 51.5 Å². The Balaban J connectivity index is 1.79. The molecule has 36 heavy (non-hydrogen) atoms. The predicted octanol–water partition coefficient (Wildman–Crippen LogP) is 5.14. The summed E-state index contributed by atoms with van der Waals surface area (Å²) in [4.78, 5) is 27.9. The third-order valence-electron chi connectivity index (χ3n) is 6.88. The molecule has 0 bridgehead atoms. The lowest BCUT2D eigenvalue weighted by Crippen LogP contribution is -2.46. The van der Waals surface area contributed by atoms with Crippen molar-refractivity contribution in [2.75, 3.05) is 11.4 Å².